The fourth-order valence-electron chi connectivity index (χ4n) is 3.25. The molecule has 0 fully saturated rings. The predicted octanol–water partition coefficient (Wildman–Crippen LogP) is 4.17. The number of aliphatic hydroxyl groups is 2. The lowest BCUT2D eigenvalue weighted by molar-refractivity contribution is 0.00988. The average Bonchev–Trinajstić information content (AvgIpc) is 2.83. The van der Waals surface area contributed by atoms with Gasteiger partial charge in [0.2, 0.25) is 0 Å². The van der Waals surface area contributed by atoms with Gasteiger partial charge in [-0.2, -0.15) is 0 Å². The first-order valence-corrected chi connectivity index (χ1v) is 11.9. The van der Waals surface area contributed by atoms with Crippen LogP contribution in [0.5, 0.6) is 11.5 Å². The molecule has 0 radical (unpaired) electrons. The first-order valence-electron chi connectivity index (χ1n) is 11.3. The molecule has 0 saturated carbocycles. The Balaban J connectivity index is 1.82. The summed E-state index contributed by atoms with van der Waals surface area (Å²) in [5, 5.41) is 19.6. The maximum absolute atomic E-state index is 10.0. The number of hydrogen-bond donors (Lipinski definition) is 2. The molecule has 0 heterocycles. The van der Waals surface area contributed by atoms with Gasteiger partial charge in [0, 0.05) is 25.7 Å². The number of rotatable bonds is 16. The van der Waals surface area contributed by atoms with Gasteiger partial charge in [0.05, 0.1) is 12.5 Å². The van der Waals surface area contributed by atoms with Crippen molar-refractivity contribution in [2.45, 2.75) is 44.3 Å². The summed E-state index contributed by atoms with van der Waals surface area (Å²) in [5.41, 5.74) is 2.06. The normalized spacial score (nSPS) is 13.5. The van der Waals surface area contributed by atoms with Crippen molar-refractivity contribution in [2.24, 2.45) is 0 Å². The van der Waals surface area contributed by atoms with E-state index in [1.807, 2.05) is 48.5 Å². The second kappa shape index (κ2) is 14.4. The van der Waals surface area contributed by atoms with Gasteiger partial charge in [0.25, 0.3) is 0 Å². The highest BCUT2D eigenvalue weighted by Crippen LogP contribution is 2.33. The van der Waals surface area contributed by atoms with Gasteiger partial charge in [-0.25, -0.2) is 0 Å². The summed E-state index contributed by atoms with van der Waals surface area (Å²) in [6.45, 7) is 6.24. The quantitative estimate of drug-likeness (QED) is 0.277. The molecule has 2 N–H and O–H groups in total. The van der Waals surface area contributed by atoms with Crippen LogP contribution < -0.4 is 9.47 Å². The number of hydrogen-bond acceptors (Lipinski definition) is 6. The highest BCUT2D eigenvalue weighted by Gasteiger charge is 2.23. The molecule has 7 heteroatoms. The van der Waals surface area contributed by atoms with Gasteiger partial charge in [-0.1, -0.05) is 38.1 Å². The zero-order valence-corrected chi connectivity index (χ0v) is 20.6. The van der Waals surface area contributed by atoms with E-state index in [-0.39, 0.29) is 31.1 Å². The largest absolute Gasteiger partial charge is 0.491 e. The lowest BCUT2D eigenvalue weighted by Crippen LogP contribution is -2.24. The monoisotopic (exact) mass is 480 g/mol. The van der Waals surface area contributed by atoms with Gasteiger partial charge >= 0.3 is 0 Å². The summed E-state index contributed by atoms with van der Waals surface area (Å²) in [6.07, 6.45) is 0.506. The molecule has 0 bridgehead atoms. The number of halogens is 1. The summed E-state index contributed by atoms with van der Waals surface area (Å²) < 4.78 is 21.7. The molecule has 0 saturated heterocycles. The zero-order valence-electron chi connectivity index (χ0n) is 19.8. The van der Waals surface area contributed by atoms with E-state index >= 15 is 0 Å². The number of ether oxygens (including phenoxy) is 4. The van der Waals surface area contributed by atoms with Crippen LogP contribution in [0, 0.1) is 0 Å². The molecule has 6 nitrogen and oxygen atoms in total. The molecule has 2 atom stereocenters. The first kappa shape index (κ1) is 27.4. The van der Waals surface area contributed by atoms with Crippen molar-refractivity contribution >= 4 is 11.6 Å². The molecule has 0 spiro atoms. The average molecular weight is 481 g/mol. The molecule has 33 heavy (non-hydrogen) atoms. The van der Waals surface area contributed by atoms with Crippen LogP contribution in [0.3, 0.4) is 0 Å². The second-order valence-electron chi connectivity index (χ2n) is 8.53. The van der Waals surface area contributed by atoms with Crippen molar-refractivity contribution in [3.05, 3.63) is 59.7 Å². The topological polar surface area (TPSA) is 77.4 Å². The van der Waals surface area contributed by atoms with E-state index in [2.05, 4.69) is 13.8 Å². The molecule has 0 amide bonds. The highest BCUT2D eigenvalue weighted by molar-refractivity contribution is 6.18. The van der Waals surface area contributed by atoms with E-state index in [9.17, 15) is 10.2 Å². The summed E-state index contributed by atoms with van der Waals surface area (Å²) in [6, 6.07) is 15.8. The van der Waals surface area contributed by atoms with Crippen LogP contribution in [0.15, 0.2) is 48.5 Å². The van der Waals surface area contributed by atoms with E-state index in [0.717, 1.165) is 30.6 Å². The summed E-state index contributed by atoms with van der Waals surface area (Å²) in [7, 11) is 1.68. The Morgan fingerprint density at radius 3 is 1.73 bits per heavy atom. The molecule has 0 aromatic heterocycles. The highest BCUT2D eigenvalue weighted by atomic mass is 35.5. The minimum absolute atomic E-state index is 0.146. The molecule has 184 valence electrons. The summed E-state index contributed by atoms with van der Waals surface area (Å²) in [4.78, 5) is 0. The lowest BCUT2D eigenvalue weighted by Gasteiger charge is -2.26. The number of benzene rings is 2. The number of unbranched alkanes of at least 4 members (excludes halogenated alkanes) is 1. The molecule has 2 rings (SSSR count). The van der Waals surface area contributed by atoms with Crippen molar-refractivity contribution < 1.29 is 29.2 Å². The molecule has 0 aliphatic carbocycles. The van der Waals surface area contributed by atoms with Crippen molar-refractivity contribution in [3.8, 4) is 11.5 Å². The van der Waals surface area contributed by atoms with Crippen LogP contribution in [-0.4, -0.2) is 68.4 Å². The Kier molecular flexibility index (Phi) is 12.0. The van der Waals surface area contributed by atoms with Gasteiger partial charge in [0.15, 0.2) is 0 Å². The zero-order chi connectivity index (χ0) is 24.1. The van der Waals surface area contributed by atoms with Crippen molar-refractivity contribution in [3.63, 3.8) is 0 Å². The van der Waals surface area contributed by atoms with Crippen LogP contribution in [-0.2, 0) is 14.9 Å². The van der Waals surface area contributed by atoms with E-state index in [0.29, 0.717) is 18.1 Å². The fourth-order valence-corrected chi connectivity index (χ4v) is 3.34. The standard InChI is InChI=1S/C26H37ClO6/c1-26(2,20-6-10-24(11-7-20)32-18-22(28)16-27)21-8-12-25(13-9-21)33-19-23(29)17-31-15-5-4-14-30-3/h6-13,22-23,28-29H,4-5,14-19H2,1-3H3. The van der Waals surface area contributed by atoms with Crippen LogP contribution in [0.1, 0.15) is 37.8 Å². The maximum atomic E-state index is 10.0. The maximum Gasteiger partial charge on any atom is 0.119 e. The molecular formula is C26H37ClO6. The Labute approximate surface area is 202 Å². The molecule has 0 aliphatic heterocycles. The minimum atomic E-state index is -0.678. The smallest absolute Gasteiger partial charge is 0.119 e. The third-order valence-electron chi connectivity index (χ3n) is 5.41. The Morgan fingerprint density at radius 2 is 1.24 bits per heavy atom. The van der Waals surface area contributed by atoms with Crippen molar-refractivity contribution in [1.82, 2.24) is 0 Å². The van der Waals surface area contributed by atoms with E-state index in [4.69, 9.17) is 30.5 Å². The van der Waals surface area contributed by atoms with Gasteiger partial charge in [-0.15, -0.1) is 11.6 Å². The third-order valence-corrected chi connectivity index (χ3v) is 5.77. The number of alkyl halides is 1. The fraction of sp³-hybridized carbons (Fsp3) is 0.538. The molecule has 2 aromatic carbocycles. The minimum Gasteiger partial charge on any atom is -0.491 e. The van der Waals surface area contributed by atoms with Gasteiger partial charge in [-0.3, -0.25) is 0 Å². The Hall–Kier alpha value is -1.83. The van der Waals surface area contributed by atoms with E-state index in [1.165, 1.54) is 0 Å². The van der Waals surface area contributed by atoms with E-state index < -0.39 is 12.2 Å². The summed E-state index contributed by atoms with van der Waals surface area (Å²) in [5.74, 6) is 1.54. The molecular weight excluding hydrogens is 444 g/mol. The Morgan fingerprint density at radius 1 is 0.758 bits per heavy atom. The molecule has 2 aromatic rings. The van der Waals surface area contributed by atoms with Gasteiger partial charge in [0.1, 0.15) is 36.9 Å². The lowest BCUT2D eigenvalue weighted by atomic mass is 9.78. The summed E-state index contributed by atoms with van der Waals surface area (Å²) >= 11 is 5.60. The molecule has 0 aliphatic rings. The number of aliphatic hydroxyl groups excluding tert-OH is 2. The third kappa shape index (κ3) is 9.51. The van der Waals surface area contributed by atoms with Crippen molar-refractivity contribution in [1.29, 1.82) is 0 Å². The number of methoxy groups -OCH3 is 1. The van der Waals surface area contributed by atoms with Crippen molar-refractivity contribution in [2.75, 3.05) is 46.0 Å². The predicted molar refractivity (Wildman–Crippen MR) is 131 cm³/mol. The SMILES string of the molecule is COCCCCOCC(O)COc1ccc(C(C)(C)c2ccc(OCC(O)CCl)cc2)cc1. The Bertz CT molecular complexity index is 778. The van der Waals surface area contributed by atoms with Crippen LogP contribution >= 0.6 is 11.6 Å². The second-order valence-corrected chi connectivity index (χ2v) is 8.84. The van der Waals surface area contributed by atoms with Gasteiger partial charge in [-0.05, 0) is 48.2 Å². The van der Waals surface area contributed by atoms with Crippen LogP contribution in [0.25, 0.3) is 0 Å². The molecule has 2 unspecified atom stereocenters. The first-order chi connectivity index (χ1) is 15.9. The van der Waals surface area contributed by atoms with E-state index in [1.54, 1.807) is 7.11 Å². The van der Waals surface area contributed by atoms with Crippen LogP contribution in [0.4, 0.5) is 0 Å². The van der Waals surface area contributed by atoms with Gasteiger partial charge < -0.3 is 29.2 Å². The van der Waals surface area contributed by atoms with Crippen LogP contribution in [0.2, 0.25) is 0 Å².